The van der Waals surface area contributed by atoms with Gasteiger partial charge in [0.15, 0.2) is 0 Å². The summed E-state index contributed by atoms with van der Waals surface area (Å²) < 4.78 is 0. The van der Waals surface area contributed by atoms with Gasteiger partial charge in [-0.3, -0.25) is 4.79 Å². The van der Waals surface area contributed by atoms with Crippen LogP contribution in [0, 0.1) is 0 Å². The minimum Gasteiger partial charge on any atom is -0.370 e. The zero-order valence-corrected chi connectivity index (χ0v) is 13.4. The fourth-order valence-electron chi connectivity index (χ4n) is 1.83. The molecular weight excluding hydrogens is 306 g/mol. The number of para-hydroxylation sites is 1. The van der Waals surface area contributed by atoms with Crippen molar-refractivity contribution in [3.63, 3.8) is 0 Å². The number of hydrogen-bond acceptors (Lipinski definition) is 4. The smallest absolute Gasteiger partial charge is 0.257 e. The van der Waals surface area contributed by atoms with E-state index in [0.717, 1.165) is 17.1 Å². The fourth-order valence-corrected chi connectivity index (χ4v) is 2.57. The van der Waals surface area contributed by atoms with Crippen molar-refractivity contribution in [3.05, 3.63) is 47.1 Å². The molecule has 2 aromatic rings. The number of nitrogens with zero attached hydrogens (tertiary/aromatic N) is 1. The second-order valence-corrected chi connectivity index (χ2v) is 5.49. The van der Waals surface area contributed by atoms with Gasteiger partial charge in [-0.1, -0.05) is 23.7 Å². The highest BCUT2D eigenvalue weighted by molar-refractivity contribution is 7.98. The molecule has 0 aliphatic rings. The molecule has 21 heavy (non-hydrogen) atoms. The summed E-state index contributed by atoms with van der Waals surface area (Å²) in [6.07, 6.45) is 3.45. The minimum absolute atomic E-state index is 0.247. The average molecular weight is 322 g/mol. The van der Waals surface area contributed by atoms with Crippen LogP contribution in [0.3, 0.4) is 0 Å². The summed E-state index contributed by atoms with van der Waals surface area (Å²) in [7, 11) is 0. The first-order valence-electron chi connectivity index (χ1n) is 6.49. The number of carbonyl (C=O) groups is 1. The Balaban J connectivity index is 2.25. The van der Waals surface area contributed by atoms with Crippen LogP contribution in [0.2, 0.25) is 5.02 Å². The normalized spacial score (nSPS) is 10.2. The van der Waals surface area contributed by atoms with Crippen molar-refractivity contribution >= 4 is 40.8 Å². The van der Waals surface area contributed by atoms with E-state index >= 15 is 0 Å². The predicted molar refractivity (Wildman–Crippen MR) is 89.6 cm³/mol. The van der Waals surface area contributed by atoms with Crippen LogP contribution < -0.4 is 10.6 Å². The molecule has 0 saturated carbocycles. The molecule has 0 saturated heterocycles. The van der Waals surface area contributed by atoms with E-state index in [1.165, 1.54) is 6.20 Å². The van der Waals surface area contributed by atoms with Gasteiger partial charge in [0.1, 0.15) is 5.82 Å². The summed E-state index contributed by atoms with van der Waals surface area (Å²) in [6.45, 7) is 2.69. The summed E-state index contributed by atoms with van der Waals surface area (Å²) in [5, 5.41) is 6.28. The molecular formula is C15H16ClN3OS. The molecule has 4 nitrogen and oxygen atoms in total. The van der Waals surface area contributed by atoms with E-state index in [4.69, 9.17) is 11.6 Å². The van der Waals surface area contributed by atoms with Gasteiger partial charge in [0.2, 0.25) is 0 Å². The van der Waals surface area contributed by atoms with Crippen molar-refractivity contribution in [2.75, 3.05) is 23.4 Å². The van der Waals surface area contributed by atoms with Crippen LogP contribution in [0.25, 0.3) is 0 Å². The maximum absolute atomic E-state index is 12.4. The van der Waals surface area contributed by atoms with E-state index < -0.39 is 0 Å². The average Bonchev–Trinajstić information content (AvgIpc) is 2.50. The highest BCUT2D eigenvalue weighted by Crippen LogP contribution is 2.26. The van der Waals surface area contributed by atoms with E-state index in [0.29, 0.717) is 16.4 Å². The number of benzene rings is 1. The monoisotopic (exact) mass is 321 g/mol. The molecule has 2 rings (SSSR count). The van der Waals surface area contributed by atoms with Crippen molar-refractivity contribution in [1.82, 2.24) is 4.98 Å². The molecule has 0 unspecified atom stereocenters. The van der Waals surface area contributed by atoms with E-state index in [9.17, 15) is 4.79 Å². The van der Waals surface area contributed by atoms with Crippen molar-refractivity contribution in [2.24, 2.45) is 0 Å². The number of carbonyl (C=O) groups excluding carboxylic acids is 1. The first-order valence-corrected chi connectivity index (χ1v) is 8.09. The Labute approximate surface area is 133 Å². The zero-order chi connectivity index (χ0) is 15.2. The predicted octanol–water partition coefficient (Wildman–Crippen LogP) is 4.14. The van der Waals surface area contributed by atoms with Gasteiger partial charge >= 0.3 is 0 Å². The summed E-state index contributed by atoms with van der Waals surface area (Å²) >= 11 is 7.65. The van der Waals surface area contributed by atoms with Crippen molar-refractivity contribution in [1.29, 1.82) is 0 Å². The molecule has 0 fully saturated rings. The Hall–Kier alpha value is -1.72. The van der Waals surface area contributed by atoms with Gasteiger partial charge in [0.05, 0.1) is 16.3 Å². The van der Waals surface area contributed by atoms with Crippen molar-refractivity contribution in [3.8, 4) is 0 Å². The molecule has 1 aromatic carbocycles. The SMILES string of the molecule is CCNc1cc(C(=O)Nc2ccccc2SC)c(Cl)cn1. The van der Waals surface area contributed by atoms with Gasteiger partial charge in [-0.05, 0) is 31.4 Å². The molecule has 0 bridgehead atoms. The molecule has 0 aliphatic carbocycles. The summed E-state index contributed by atoms with van der Waals surface area (Å²) in [5.74, 6) is 0.383. The molecule has 6 heteroatoms. The molecule has 0 spiro atoms. The van der Waals surface area contributed by atoms with Crippen LogP contribution in [0.1, 0.15) is 17.3 Å². The number of nitrogens with one attached hydrogen (secondary N) is 2. The molecule has 1 amide bonds. The minimum atomic E-state index is -0.247. The van der Waals surface area contributed by atoms with E-state index in [-0.39, 0.29) is 5.91 Å². The molecule has 0 aliphatic heterocycles. The number of aromatic nitrogens is 1. The molecule has 1 aromatic heterocycles. The van der Waals surface area contributed by atoms with Crippen molar-refractivity contribution < 1.29 is 4.79 Å². The lowest BCUT2D eigenvalue weighted by Gasteiger charge is -2.11. The largest absolute Gasteiger partial charge is 0.370 e. The number of amides is 1. The Morgan fingerprint density at radius 3 is 2.86 bits per heavy atom. The first-order chi connectivity index (χ1) is 10.2. The van der Waals surface area contributed by atoms with Gasteiger partial charge < -0.3 is 10.6 Å². The van der Waals surface area contributed by atoms with Crippen LogP contribution in [0.4, 0.5) is 11.5 Å². The Kier molecular flexibility index (Phi) is 5.47. The van der Waals surface area contributed by atoms with Gasteiger partial charge in [-0.15, -0.1) is 11.8 Å². The van der Waals surface area contributed by atoms with E-state index in [2.05, 4.69) is 15.6 Å². The van der Waals surface area contributed by atoms with Crippen molar-refractivity contribution in [2.45, 2.75) is 11.8 Å². The molecule has 0 radical (unpaired) electrons. The van der Waals surface area contributed by atoms with Gasteiger partial charge in [0, 0.05) is 17.6 Å². The topological polar surface area (TPSA) is 54.0 Å². The maximum Gasteiger partial charge on any atom is 0.257 e. The summed E-state index contributed by atoms with van der Waals surface area (Å²) in [4.78, 5) is 17.5. The Morgan fingerprint density at radius 1 is 1.38 bits per heavy atom. The van der Waals surface area contributed by atoms with Gasteiger partial charge in [-0.2, -0.15) is 0 Å². The second kappa shape index (κ2) is 7.33. The Morgan fingerprint density at radius 2 is 2.14 bits per heavy atom. The third-order valence-electron chi connectivity index (χ3n) is 2.81. The zero-order valence-electron chi connectivity index (χ0n) is 11.8. The van der Waals surface area contributed by atoms with Gasteiger partial charge in [-0.25, -0.2) is 4.98 Å². The molecule has 1 heterocycles. The Bertz CT molecular complexity index is 649. The van der Waals surface area contributed by atoms with Crippen LogP contribution in [0.15, 0.2) is 41.4 Å². The highest BCUT2D eigenvalue weighted by Gasteiger charge is 2.13. The van der Waals surface area contributed by atoms with Crippen LogP contribution in [-0.2, 0) is 0 Å². The van der Waals surface area contributed by atoms with Gasteiger partial charge in [0.25, 0.3) is 5.91 Å². The van der Waals surface area contributed by atoms with Crippen LogP contribution >= 0.6 is 23.4 Å². The number of halogens is 1. The van der Waals surface area contributed by atoms with E-state index in [1.807, 2.05) is 37.4 Å². The second-order valence-electron chi connectivity index (χ2n) is 4.23. The fraction of sp³-hybridized carbons (Fsp3) is 0.200. The first kappa shape index (κ1) is 15.7. The number of thioether (sulfide) groups is 1. The van der Waals surface area contributed by atoms with Crippen LogP contribution in [0.5, 0.6) is 0 Å². The molecule has 0 atom stereocenters. The lowest BCUT2D eigenvalue weighted by atomic mass is 10.2. The quantitative estimate of drug-likeness (QED) is 0.813. The molecule has 110 valence electrons. The lowest BCUT2D eigenvalue weighted by molar-refractivity contribution is 0.102. The maximum atomic E-state index is 12.4. The summed E-state index contributed by atoms with van der Waals surface area (Å²) in [6, 6.07) is 9.29. The number of hydrogen-bond donors (Lipinski definition) is 2. The number of pyridine rings is 1. The number of anilines is 2. The van der Waals surface area contributed by atoms with Crippen LogP contribution in [-0.4, -0.2) is 23.7 Å². The van der Waals surface area contributed by atoms with E-state index in [1.54, 1.807) is 17.8 Å². The third-order valence-corrected chi connectivity index (χ3v) is 3.91. The number of rotatable bonds is 5. The highest BCUT2D eigenvalue weighted by atomic mass is 35.5. The summed E-state index contributed by atoms with van der Waals surface area (Å²) in [5.41, 5.74) is 1.17. The lowest BCUT2D eigenvalue weighted by Crippen LogP contribution is -2.14. The standard InChI is InChI=1S/C15H16ClN3OS/c1-3-17-14-8-10(11(16)9-18-14)15(20)19-12-6-4-5-7-13(12)21-2/h4-9H,3H2,1-2H3,(H,17,18)(H,19,20). The molecule has 2 N–H and O–H groups in total. The third kappa shape index (κ3) is 3.89.